The molecule has 2 rings (SSSR count). The van der Waals surface area contributed by atoms with Gasteiger partial charge in [-0.05, 0) is 69.9 Å². The fourth-order valence-electron chi connectivity index (χ4n) is 2.89. The molecule has 0 aliphatic rings. The lowest BCUT2D eigenvalue weighted by molar-refractivity contribution is -0.123. The Morgan fingerprint density at radius 2 is 1.76 bits per heavy atom. The highest BCUT2D eigenvalue weighted by molar-refractivity contribution is 7.89. The molecule has 0 saturated carbocycles. The van der Waals surface area contributed by atoms with Crippen molar-refractivity contribution in [2.75, 3.05) is 6.61 Å². The molecule has 0 radical (unpaired) electrons. The Kier molecular flexibility index (Phi) is 8.22. The van der Waals surface area contributed by atoms with E-state index in [0.717, 1.165) is 12.8 Å². The van der Waals surface area contributed by atoms with E-state index in [2.05, 4.69) is 22.2 Å². The second-order valence-electron chi connectivity index (χ2n) is 7.48. The summed E-state index contributed by atoms with van der Waals surface area (Å²) in [5.74, 6) is 0.281. The number of hydrogen-bond acceptors (Lipinski definition) is 4. The second kappa shape index (κ2) is 10.4. The van der Waals surface area contributed by atoms with E-state index in [9.17, 15) is 13.2 Å². The quantitative estimate of drug-likeness (QED) is 0.621. The number of carbonyl (C=O) groups excluding carboxylic acids is 1. The number of nitrogens with one attached hydrogen (secondary N) is 2. The number of carbonyl (C=O) groups is 1. The maximum atomic E-state index is 12.2. The van der Waals surface area contributed by atoms with Crippen molar-refractivity contribution in [2.24, 2.45) is 0 Å². The van der Waals surface area contributed by atoms with E-state index in [1.54, 1.807) is 32.9 Å². The van der Waals surface area contributed by atoms with Crippen molar-refractivity contribution in [3.8, 4) is 5.75 Å². The smallest absolute Gasteiger partial charge is 0.258 e. The Morgan fingerprint density at radius 1 is 1.07 bits per heavy atom. The minimum Gasteiger partial charge on any atom is -0.484 e. The lowest BCUT2D eigenvalue weighted by atomic mass is 10.1. The monoisotopic (exact) mass is 418 g/mol. The van der Waals surface area contributed by atoms with Gasteiger partial charge in [-0.25, -0.2) is 13.1 Å². The summed E-state index contributed by atoms with van der Waals surface area (Å²) in [6.45, 7) is 7.13. The normalized spacial score (nSPS) is 12.6. The van der Waals surface area contributed by atoms with Crippen molar-refractivity contribution >= 4 is 15.9 Å². The molecule has 29 heavy (non-hydrogen) atoms. The molecule has 0 unspecified atom stereocenters. The molecule has 0 aliphatic carbocycles. The summed E-state index contributed by atoms with van der Waals surface area (Å²) in [5.41, 5.74) is 1.89. The Hall–Kier alpha value is -2.38. The fraction of sp³-hybridized carbons (Fsp3) is 0.409. The van der Waals surface area contributed by atoms with Gasteiger partial charge in [0.2, 0.25) is 10.0 Å². The molecule has 7 heteroatoms. The minimum absolute atomic E-state index is 0.0297. The number of rotatable bonds is 10. The van der Waals surface area contributed by atoms with Gasteiger partial charge in [-0.1, -0.05) is 30.3 Å². The molecule has 1 atom stereocenters. The molecule has 0 aromatic heterocycles. The van der Waals surface area contributed by atoms with E-state index in [-0.39, 0.29) is 29.5 Å². The molecule has 0 fully saturated rings. The number of ether oxygens (including phenoxy) is 1. The second-order valence-corrected chi connectivity index (χ2v) is 9.20. The molecule has 0 aliphatic heterocycles. The average Bonchev–Trinajstić information content (AvgIpc) is 2.65. The number of amides is 1. The first-order chi connectivity index (χ1) is 13.7. The number of benzene rings is 2. The predicted molar refractivity (Wildman–Crippen MR) is 114 cm³/mol. The van der Waals surface area contributed by atoms with Gasteiger partial charge in [0, 0.05) is 12.1 Å². The summed E-state index contributed by atoms with van der Waals surface area (Å²) in [6, 6.07) is 14.6. The molecule has 0 heterocycles. The van der Waals surface area contributed by atoms with Crippen LogP contribution in [0.4, 0.5) is 0 Å². The largest absolute Gasteiger partial charge is 0.484 e. The van der Waals surface area contributed by atoms with Crippen molar-refractivity contribution in [1.29, 1.82) is 0 Å². The Morgan fingerprint density at radius 3 is 2.38 bits per heavy atom. The van der Waals surface area contributed by atoms with Crippen molar-refractivity contribution in [3.63, 3.8) is 0 Å². The zero-order valence-corrected chi connectivity index (χ0v) is 18.3. The van der Waals surface area contributed by atoms with Gasteiger partial charge in [-0.15, -0.1) is 0 Å². The van der Waals surface area contributed by atoms with Crippen LogP contribution in [0.3, 0.4) is 0 Å². The third-order valence-corrected chi connectivity index (χ3v) is 5.98. The minimum atomic E-state index is -3.56. The molecule has 0 saturated heterocycles. The third kappa shape index (κ3) is 7.51. The summed E-state index contributed by atoms with van der Waals surface area (Å²) in [7, 11) is -3.56. The maximum Gasteiger partial charge on any atom is 0.258 e. The van der Waals surface area contributed by atoms with Crippen LogP contribution < -0.4 is 14.8 Å². The number of sulfonamides is 1. The van der Waals surface area contributed by atoms with E-state index >= 15 is 0 Å². The van der Waals surface area contributed by atoms with Crippen LogP contribution in [0, 0.1) is 6.92 Å². The van der Waals surface area contributed by atoms with E-state index in [1.165, 1.54) is 11.6 Å². The van der Waals surface area contributed by atoms with Crippen LogP contribution in [0.15, 0.2) is 53.4 Å². The topological polar surface area (TPSA) is 84.5 Å². The third-order valence-electron chi connectivity index (χ3n) is 4.32. The molecule has 158 valence electrons. The van der Waals surface area contributed by atoms with Gasteiger partial charge in [-0.3, -0.25) is 4.79 Å². The number of aryl methyl sites for hydroxylation is 2. The molecule has 2 aromatic carbocycles. The van der Waals surface area contributed by atoms with Crippen molar-refractivity contribution in [2.45, 2.75) is 57.5 Å². The van der Waals surface area contributed by atoms with Gasteiger partial charge in [0.1, 0.15) is 5.75 Å². The Bertz CT molecular complexity index is 912. The van der Waals surface area contributed by atoms with Crippen LogP contribution >= 0.6 is 0 Å². The first-order valence-corrected chi connectivity index (χ1v) is 11.2. The highest BCUT2D eigenvalue weighted by Crippen LogP contribution is 2.22. The van der Waals surface area contributed by atoms with Gasteiger partial charge >= 0.3 is 0 Å². The molecule has 2 aromatic rings. The van der Waals surface area contributed by atoms with E-state index in [1.807, 2.05) is 25.1 Å². The summed E-state index contributed by atoms with van der Waals surface area (Å²) in [4.78, 5) is 12.3. The summed E-state index contributed by atoms with van der Waals surface area (Å²) < 4.78 is 32.6. The SMILES string of the molecule is Cc1cc(S(=O)(=O)NC(C)C)ccc1OCC(=O)N[C@H](C)CCc1ccccc1. The van der Waals surface area contributed by atoms with E-state index < -0.39 is 10.0 Å². The van der Waals surface area contributed by atoms with Gasteiger partial charge < -0.3 is 10.1 Å². The predicted octanol–water partition coefficient (Wildman–Crippen LogP) is 3.20. The number of hydrogen-bond donors (Lipinski definition) is 2. The van der Waals surface area contributed by atoms with Crippen LogP contribution in [0.5, 0.6) is 5.75 Å². The van der Waals surface area contributed by atoms with Crippen LogP contribution in [-0.2, 0) is 21.2 Å². The zero-order valence-electron chi connectivity index (χ0n) is 17.4. The highest BCUT2D eigenvalue weighted by Gasteiger charge is 2.17. The first-order valence-electron chi connectivity index (χ1n) is 9.76. The van der Waals surface area contributed by atoms with Crippen molar-refractivity contribution in [3.05, 3.63) is 59.7 Å². The highest BCUT2D eigenvalue weighted by atomic mass is 32.2. The van der Waals surface area contributed by atoms with Crippen molar-refractivity contribution < 1.29 is 17.9 Å². The molecule has 6 nitrogen and oxygen atoms in total. The van der Waals surface area contributed by atoms with Crippen LogP contribution in [0.25, 0.3) is 0 Å². The molecule has 1 amide bonds. The fourth-order valence-corrected chi connectivity index (χ4v) is 4.22. The van der Waals surface area contributed by atoms with Gasteiger partial charge in [-0.2, -0.15) is 0 Å². The van der Waals surface area contributed by atoms with Crippen LogP contribution in [0.2, 0.25) is 0 Å². The van der Waals surface area contributed by atoms with Crippen molar-refractivity contribution in [1.82, 2.24) is 10.0 Å². The molecule has 0 bridgehead atoms. The summed E-state index contributed by atoms with van der Waals surface area (Å²) >= 11 is 0. The Labute approximate surface area is 173 Å². The standard InChI is InChI=1S/C22H30N2O4S/c1-16(2)24-29(26,27)20-12-13-21(17(3)14-20)28-15-22(25)23-18(4)10-11-19-8-6-5-7-9-19/h5-9,12-14,16,18,24H,10-11,15H2,1-4H3,(H,23,25)/t18-/m1/s1. The van der Waals surface area contributed by atoms with Gasteiger partial charge in [0.15, 0.2) is 6.61 Å². The summed E-state index contributed by atoms with van der Waals surface area (Å²) in [6.07, 6.45) is 1.73. The van der Waals surface area contributed by atoms with E-state index in [4.69, 9.17) is 4.74 Å². The van der Waals surface area contributed by atoms with Gasteiger partial charge in [0.05, 0.1) is 4.90 Å². The van der Waals surface area contributed by atoms with Crippen LogP contribution in [-0.4, -0.2) is 33.0 Å². The molecule has 0 spiro atoms. The lowest BCUT2D eigenvalue weighted by Crippen LogP contribution is -2.36. The summed E-state index contributed by atoms with van der Waals surface area (Å²) in [5, 5.41) is 2.93. The zero-order chi connectivity index (χ0) is 21.4. The van der Waals surface area contributed by atoms with E-state index in [0.29, 0.717) is 11.3 Å². The lowest BCUT2D eigenvalue weighted by Gasteiger charge is -2.15. The maximum absolute atomic E-state index is 12.2. The average molecular weight is 419 g/mol. The molecular formula is C22H30N2O4S. The van der Waals surface area contributed by atoms with Crippen LogP contribution in [0.1, 0.15) is 38.3 Å². The first kappa shape index (κ1) is 22.9. The van der Waals surface area contributed by atoms with Gasteiger partial charge in [0.25, 0.3) is 5.91 Å². The molecular weight excluding hydrogens is 388 g/mol. The Balaban J connectivity index is 1.85. The molecule has 2 N–H and O–H groups in total.